The zero-order valence-corrected chi connectivity index (χ0v) is 16.8. The van der Waals surface area contributed by atoms with Gasteiger partial charge in [-0.2, -0.15) is 5.01 Å². The third kappa shape index (κ3) is 3.47. The van der Waals surface area contributed by atoms with Gasteiger partial charge in [-0.15, -0.1) is 0 Å². The van der Waals surface area contributed by atoms with Gasteiger partial charge in [0.25, 0.3) is 17.7 Å². The lowest BCUT2D eigenvalue weighted by atomic mass is 9.78. The van der Waals surface area contributed by atoms with Gasteiger partial charge in [0.15, 0.2) is 0 Å². The Morgan fingerprint density at radius 2 is 1.76 bits per heavy atom. The number of hydrogen-bond donors (Lipinski definition) is 0. The van der Waals surface area contributed by atoms with Gasteiger partial charge in [0.2, 0.25) is 0 Å². The Balaban J connectivity index is 1.74. The molecule has 3 atom stereocenters. The van der Waals surface area contributed by atoms with Crippen LogP contribution in [0.4, 0.5) is 0 Å². The van der Waals surface area contributed by atoms with Gasteiger partial charge in [-0.05, 0) is 30.0 Å². The number of halogens is 1. The van der Waals surface area contributed by atoms with E-state index in [1.54, 1.807) is 24.3 Å². The first-order valence-corrected chi connectivity index (χ1v) is 10.0. The summed E-state index contributed by atoms with van der Waals surface area (Å²) in [5.74, 6) is -2.05. The highest BCUT2D eigenvalue weighted by molar-refractivity contribution is 6.33. The fourth-order valence-corrected chi connectivity index (χ4v) is 4.35. The minimum Gasteiger partial charge on any atom is -0.272 e. The standard InChI is InChI=1S/C23H21ClN2O3/c1-15-8-7-12-18-20(15)23(29)26(22(18)28)25(14-16-9-3-2-4-10-16)21(27)17-11-5-6-13-19(17)24/h2-11,13,15,18,20H,12,14H2,1H3/t15-,18-,20-/m1/s1. The maximum absolute atomic E-state index is 13.4. The van der Waals surface area contributed by atoms with E-state index in [2.05, 4.69) is 0 Å². The molecule has 5 nitrogen and oxygen atoms in total. The first-order valence-electron chi connectivity index (χ1n) is 9.63. The highest BCUT2D eigenvalue weighted by atomic mass is 35.5. The Labute approximate surface area is 174 Å². The van der Waals surface area contributed by atoms with E-state index in [-0.39, 0.29) is 34.9 Å². The monoisotopic (exact) mass is 408 g/mol. The number of rotatable bonds is 4. The summed E-state index contributed by atoms with van der Waals surface area (Å²) in [6, 6.07) is 16.0. The van der Waals surface area contributed by atoms with Crippen LogP contribution in [0.5, 0.6) is 0 Å². The van der Waals surface area contributed by atoms with E-state index in [0.29, 0.717) is 6.42 Å². The minimum absolute atomic E-state index is 0.0517. The van der Waals surface area contributed by atoms with Gasteiger partial charge in [0.1, 0.15) is 0 Å². The maximum atomic E-state index is 13.4. The van der Waals surface area contributed by atoms with Crippen molar-refractivity contribution in [3.8, 4) is 0 Å². The molecule has 0 radical (unpaired) electrons. The van der Waals surface area contributed by atoms with Crippen LogP contribution in [0.1, 0.15) is 29.3 Å². The first-order chi connectivity index (χ1) is 14.0. The van der Waals surface area contributed by atoms with Crippen LogP contribution >= 0.6 is 11.6 Å². The molecule has 3 amide bonds. The Morgan fingerprint density at radius 1 is 1.07 bits per heavy atom. The zero-order valence-electron chi connectivity index (χ0n) is 16.0. The molecule has 0 N–H and O–H groups in total. The normalized spacial score (nSPS) is 23.2. The molecule has 1 heterocycles. The largest absolute Gasteiger partial charge is 0.274 e. The predicted octanol–water partition coefficient (Wildman–Crippen LogP) is 4.09. The van der Waals surface area contributed by atoms with Crippen LogP contribution < -0.4 is 0 Å². The molecule has 2 aliphatic rings. The minimum atomic E-state index is -0.472. The molecule has 1 aliphatic carbocycles. The number of hydrogen-bond acceptors (Lipinski definition) is 3. The summed E-state index contributed by atoms with van der Waals surface area (Å²) in [4.78, 5) is 39.9. The van der Waals surface area contributed by atoms with Crippen LogP contribution in [-0.2, 0) is 16.1 Å². The topological polar surface area (TPSA) is 57.7 Å². The summed E-state index contributed by atoms with van der Waals surface area (Å²) >= 11 is 6.24. The quantitative estimate of drug-likeness (QED) is 0.565. The fourth-order valence-electron chi connectivity index (χ4n) is 4.13. The number of fused-ring (bicyclic) bond motifs is 1. The molecule has 0 aromatic heterocycles. The van der Waals surface area contributed by atoms with Crippen molar-refractivity contribution in [3.05, 3.63) is 82.9 Å². The van der Waals surface area contributed by atoms with Gasteiger partial charge < -0.3 is 0 Å². The number of carbonyl (C=O) groups is 3. The zero-order chi connectivity index (χ0) is 20.5. The van der Waals surface area contributed by atoms with Gasteiger partial charge in [-0.3, -0.25) is 14.4 Å². The molecule has 29 heavy (non-hydrogen) atoms. The molecule has 4 rings (SSSR count). The number of carbonyl (C=O) groups excluding carboxylic acids is 3. The van der Waals surface area contributed by atoms with E-state index >= 15 is 0 Å². The number of nitrogens with zero attached hydrogens (tertiary/aromatic N) is 2. The van der Waals surface area contributed by atoms with E-state index in [1.165, 1.54) is 5.01 Å². The van der Waals surface area contributed by atoms with Crippen molar-refractivity contribution < 1.29 is 14.4 Å². The second kappa shape index (κ2) is 7.84. The van der Waals surface area contributed by atoms with E-state index in [0.717, 1.165) is 10.6 Å². The maximum Gasteiger partial charge on any atom is 0.274 e. The molecule has 6 heteroatoms. The number of imide groups is 1. The Bertz CT molecular complexity index is 989. The molecule has 1 aliphatic heterocycles. The molecule has 0 unspecified atom stereocenters. The molecule has 2 aromatic carbocycles. The summed E-state index contributed by atoms with van der Waals surface area (Å²) in [5, 5.41) is 2.58. The molecule has 1 saturated heterocycles. The second-order valence-corrected chi connectivity index (χ2v) is 7.88. The molecule has 0 saturated carbocycles. The summed E-state index contributed by atoms with van der Waals surface area (Å²) in [5.41, 5.74) is 1.07. The lowest BCUT2D eigenvalue weighted by molar-refractivity contribution is -0.155. The third-order valence-corrected chi connectivity index (χ3v) is 5.93. The first kappa shape index (κ1) is 19.4. The molecule has 2 aromatic rings. The Morgan fingerprint density at radius 3 is 2.45 bits per heavy atom. The molecule has 148 valence electrons. The van der Waals surface area contributed by atoms with E-state index in [1.807, 2.05) is 49.4 Å². The number of allylic oxidation sites excluding steroid dienone is 2. The smallest absolute Gasteiger partial charge is 0.272 e. The van der Waals surface area contributed by atoms with Crippen LogP contribution in [-0.4, -0.2) is 27.7 Å². The predicted molar refractivity (Wildman–Crippen MR) is 110 cm³/mol. The van der Waals surface area contributed by atoms with Gasteiger partial charge in [-0.25, -0.2) is 5.01 Å². The lowest BCUT2D eigenvalue weighted by Crippen LogP contribution is -2.50. The van der Waals surface area contributed by atoms with Gasteiger partial charge in [-0.1, -0.05) is 73.1 Å². The van der Waals surface area contributed by atoms with Crippen molar-refractivity contribution in [1.29, 1.82) is 0 Å². The summed E-state index contributed by atoms with van der Waals surface area (Å²) in [6.45, 7) is 2.03. The molecular formula is C23H21ClN2O3. The van der Waals surface area contributed by atoms with E-state index in [4.69, 9.17) is 11.6 Å². The average Bonchev–Trinajstić information content (AvgIpc) is 2.98. The average molecular weight is 409 g/mol. The Kier molecular flexibility index (Phi) is 5.24. The van der Waals surface area contributed by atoms with E-state index < -0.39 is 17.7 Å². The van der Waals surface area contributed by atoms with Gasteiger partial charge >= 0.3 is 0 Å². The van der Waals surface area contributed by atoms with Gasteiger partial charge in [0, 0.05) is 0 Å². The summed E-state index contributed by atoms with van der Waals surface area (Å²) in [7, 11) is 0. The highest BCUT2D eigenvalue weighted by Gasteiger charge is 2.53. The number of hydrazine groups is 1. The third-order valence-electron chi connectivity index (χ3n) is 5.60. The fraction of sp³-hybridized carbons (Fsp3) is 0.261. The van der Waals surface area contributed by atoms with Crippen molar-refractivity contribution in [2.45, 2.75) is 19.9 Å². The summed E-state index contributed by atoms with van der Waals surface area (Å²) in [6.07, 6.45) is 4.42. The second-order valence-electron chi connectivity index (χ2n) is 7.47. The summed E-state index contributed by atoms with van der Waals surface area (Å²) < 4.78 is 0. The molecule has 0 bridgehead atoms. The van der Waals surface area contributed by atoms with E-state index in [9.17, 15) is 14.4 Å². The van der Waals surface area contributed by atoms with Crippen LogP contribution in [0.25, 0.3) is 0 Å². The lowest BCUT2D eigenvalue weighted by Gasteiger charge is -2.31. The van der Waals surface area contributed by atoms with Crippen LogP contribution in [0, 0.1) is 17.8 Å². The van der Waals surface area contributed by atoms with Crippen molar-refractivity contribution >= 4 is 29.3 Å². The Hall–Kier alpha value is -2.92. The highest BCUT2D eigenvalue weighted by Crippen LogP contribution is 2.39. The number of benzene rings is 2. The number of amides is 3. The van der Waals surface area contributed by atoms with Crippen molar-refractivity contribution in [3.63, 3.8) is 0 Å². The van der Waals surface area contributed by atoms with Crippen LogP contribution in [0.2, 0.25) is 5.02 Å². The van der Waals surface area contributed by atoms with Crippen LogP contribution in [0.3, 0.4) is 0 Å². The van der Waals surface area contributed by atoms with Crippen molar-refractivity contribution in [2.75, 3.05) is 0 Å². The molecule has 0 spiro atoms. The van der Waals surface area contributed by atoms with Gasteiger partial charge in [0.05, 0.1) is 29.0 Å². The van der Waals surface area contributed by atoms with Crippen molar-refractivity contribution in [2.24, 2.45) is 17.8 Å². The SMILES string of the molecule is C[C@@H]1C=CC[C@H]2C(=O)N(N(Cc3ccccc3)C(=O)c3ccccc3Cl)C(=O)[C@H]12. The van der Waals surface area contributed by atoms with Crippen LogP contribution in [0.15, 0.2) is 66.7 Å². The molecule has 1 fully saturated rings. The van der Waals surface area contributed by atoms with Crippen molar-refractivity contribution in [1.82, 2.24) is 10.0 Å². The molecular weight excluding hydrogens is 388 g/mol.